The Morgan fingerprint density at radius 2 is 2.22 bits per heavy atom. The highest BCUT2D eigenvalue weighted by molar-refractivity contribution is 5.95. The zero-order valence-electron chi connectivity index (χ0n) is 9.77. The summed E-state index contributed by atoms with van der Waals surface area (Å²) in [5, 5.41) is 10.5. The second-order valence-corrected chi connectivity index (χ2v) is 4.21. The molecule has 5 N–H and O–H groups in total. The Balaban J connectivity index is 2.09. The molecule has 18 heavy (non-hydrogen) atoms. The number of aromatic hydroxyl groups is 1. The molecule has 0 saturated carbocycles. The summed E-state index contributed by atoms with van der Waals surface area (Å²) in [6, 6.07) is 5.26. The fourth-order valence-corrected chi connectivity index (χ4v) is 2.09. The van der Waals surface area contributed by atoms with Crippen molar-refractivity contribution in [1.82, 2.24) is 15.0 Å². The van der Waals surface area contributed by atoms with E-state index < -0.39 is 0 Å². The summed E-state index contributed by atoms with van der Waals surface area (Å²) in [5.41, 5.74) is 8.41. The van der Waals surface area contributed by atoms with E-state index in [1.165, 1.54) is 0 Å². The maximum Gasteiger partial charge on any atom is 0.116 e. The second kappa shape index (κ2) is 4.19. The Morgan fingerprint density at radius 3 is 3.06 bits per heavy atom. The molecule has 3 rings (SSSR count). The predicted octanol–water partition coefficient (Wildman–Crippen LogP) is 1.76. The third-order valence-corrected chi connectivity index (χ3v) is 2.97. The zero-order chi connectivity index (χ0) is 12.5. The molecule has 1 aromatic carbocycles. The number of nitrogens with zero attached hydrogens (tertiary/aromatic N) is 1. The van der Waals surface area contributed by atoms with E-state index in [2.05, 4.69) is 15.0 Å². The number of hydrogen-bond donors (Lipinski definition) is 4. The third kappa shape index (κ3) is 1.74. The van der Waals surface area contributed by atoms with Gasteiger partial charge >= 0.3 is 0 Å². The molecule has 5 nitrogen and oxygen atoms in total. The Labute approximate surface area is 104 Å². The standard InChI is InChI=1S/C13H14N4O/c14-4-3-13-16-7-12(17-13)10-6-15-11-2-1-8(18)5-9(10)11/h1-2,5-7,15,18H,3-4,14H2,(H,16,17). The molecule has 0 amide bonds. The van der Waals surface area contributed by atoms with Crippen LogP contribution in [0, 0.1) is 0 Å². The van der Waals surface area contributed by atoms with E-state index in [9.17, 15) is 5.11 Å². The van der Waals surface area contributed by atoms with Crippen molar-refractivity contribution in [3.8, 4) is 17.0 Å². The van der Waals surface area contributed by atoms with Crippen molar-refractivity contribution in [3.63, 3.8) is 0 Å². The van der Waals surface area contributed by atoms with Gasteiger partial charge in [-0.25, -0.2) is 4.98 Å². The minimum absolute atomic E-state index is 0.255. The summed E-state index contributed by atoms with van der Waals surface area (Å²) in [4.78, 5) is 10.7. The van der Waals surface area contributed by atoms with Gasteiger partial charge in [0.2, 0.25) is 0 Å². The van der Waals surface area contributed by atoms with Gasteiger partial charge in [0, 0.05) is 29.1 Å². The van der Waals surface area contributed by atoms with Crippen LogP contribution in [-0.2, 0) is 6.42 Å². The number of phenolic OH excluding ortho intramolecular Hbond substituents is 1. The molecule has 3 aromatic rings. The van der Waals surface area contributed by atoms with Crippen LogP contribution in [0.1, 0.15) is 5.82 Å². The number of hydrogen-bond acceptors (Lipinski definition) is 3. The van der Waals surface area contributed by atoms with Gasteiger partial charge in [-0.1, -0.05) is 0 Å². The van der Waals surface area contributed by atoms with Crippen molar-refractivity contribution < 1.29 is 5.11 Å². The molecule has 0 aliphatic carbocycles. The van der Waals surface area contributed by atoms with Crippen LogP contribution in [0.3, 0.4) is 0 Å². The number of phenols is 1. The predicted molar refractivity (Wildman–Crippen MR) is 70.3 cm³/mol. The van der Waals surface area contributed by atoms with Crippen molar-refractivity contribution in [2.75, 3.05) is 6.54 Å². The minimum atomic E-state index is 0.255. The molecule has 2 heterocycles. The summed E-state index contributed by atoms with van der Waals surface area (Å²) in [6.07, 6.45) is 4.43. The lowest BCUT2D eigenvalue weighted by molar-refractivity contribution is 0.476. The van der Waals surface area contributed by atoms with E-state index in [0.29, 0.717) is 6.54 Å². The fourth-order valence-electron chi connectivity index (χ4n) is 2.09. The summed E-state index contributed by atoms with van der Waals surface area (Å²) in [6.45, 7) is 0.571. The van der Waals surface area contributed by atoms with Crippen molar-refractivity contribution in [3.05, 3.63) is 36.4 Å². The molecule has 2 aromatic heterocycles. The van der Waals surface area contributed by atoms with Crippen LogP contribution in [0.4, 0.5) is 0 Å². The first-order valence-electron chi connectivity index (χ1n) is 5.82. The van der Waals surface area contributed by atoms with Gasteiger partial charge in [-0.3, -0.25) is 0 Å². The molecule has 0 aliphatic heterocycles. The van der Waals surface area contributed by atoms with E-state index in [-0.39, 0.29) is 5.75 Å². The minimum Gasteiger partial charge on any atom is -0.508 e. The first kappa shape index (κ1) is 10.9. The van der Waals surface area contributed by atoms with Gasteiger partial charge in [0.05, 0.1) is 11.9 Å². The van der Waals surface area contributed by atoms with Crippen LogP contribution >= 0.6 is 0 Å². The van der Waals surface area contributed by atoms with Crippen molar-refractivity contribution in [2.24, 2.45) is 5.73 Å². The molecule has 0 aliphatic rings. The van der Waals surface area contributed by atoms with Gasteiger partial charge in [-0.15, -0.1) is 0 Å². The number of nitrogens with one attached hydrogen (secondary N) is 2. The van der Waals surface area contributed by atoms with Crippen LogP contribution in [0.15, 0.2) is 30.6 Å². The smallest absolute Gasteiger partial charge is 0.116 e. The van der Waals surface area contributed by atoms with Gasteiger partial charge in [-0.05, 0) is 24.7 Å². The summed E-state index contributed by atoms with van der Waals surface area (Å²) < 4.78 is 0. The van der Waals surface area contributed by atoms with Crippen LogP contribution in [0.2, 0.25) is 0 Å². The number of aromatic amines is 2. The molecule has 0 fully saturated rings. The Bertz CT molecular complexity index is 683. The molecule has 5 heteroatoms. The normalized spacial score (nSPS) is 11.2. The summed E-state index contributed by atoms with van der Waals surface area (Å²) >= 11 is 0. The summed E-state index contributed by atoms with van der Waals surface area (Å²) in [5.74, 6) is 1.13. The number of imidazole rings is 1. The molecule has 0 spiro atoms. The van der Waals surface area contributed by atoms with Crippen molar-refractivity contribution in [1.29, 1.82) is 0 Å². The van der Waals surface area contributed by atoms with E-state index in [0.717, 1.165) is 34.4 Å². The number of rotatable bonds is 3. The maximum absolute atomic E-state index is 9.55. The molecule has 0 unspecified atom stereocenters. The molecule has 0 atom stereocenters. The fraction of sp³-hybridized carbons (Fsp3) is 0.154. The zero-order valence-corrected chi connectivity index (χ0v) is 9.77. The molecule has 0 bridgehead atoms. The van der Waals surface area contributed by atoms with Gasteiger partial charge in [0.25, 0.3) is 0 Å². The summed E-state index contributed by atoms with van der Waals surface area (Å²) in [7, 11) is 0. The number of H-pyrrole nitrogens is 2. The lowest BCUT2D eigenvalue weighted by Crippen LogP contribution is -2.03. The first-order chi connectivity index (χ1) is 8.78. The van der Waals surface area contributed by atoms with Crippen LogP contribution in [0.5, 0.6) is 5.75 Å². The van der Waals surface area contributed by atoms with Crippen LogP contribution in [0.25, 0.3) is 22.2 Å². The molecule has 0 radical (unpaired) electrons. The van der Waals surface area contributed by atoms with E-state index >= 15 is 0 Å². The monoisotopic (exact) mass is 242 g/mol. The highest BCUT2D eigenvalue weighted by Crippen LogP contribution is 2.29. The number of fused-ring (bicyclic) bond motifs is 1. The lowest BCUT2D eigenvalue weighted by Gasteiger charge is -1.96. The second-order valence-electron chi connectivity index (χ2n) is 4.21. The van der Waals surface area contributed by atoms with Crippen molar-refractivity contribution >= 4 is 10.9 Å². The average Bonchev–Trinajstić information content (AvgIpc) is 2.95. The Kier molecular flexibility index (Phi) is 2.53. The molecular formula is C13H14N4O. The van der Waals surface area contributed by atoms with Crippen LogP contribution < -0.4 is 5.73 Å². The van der Waals surface area contributed by atoms with E-state index in [4.69, 9.17) is 5.73 Å². The molecule has 92 valence electrons. The van der Waals surface area contributed by atoms with Gasteiger partial charge < -0.3 is 20.8 Å². The first-order valence-corrected chi connectivity index (χ1v) is 5.82. The van der Waals surface area contributed by atoms with Gasteiger partial charge in [0.1, 0.15) is 11.6 Å². The average molecular weight is 242 g/mol. The van der Waals surface area contributed by atoms with E-state index in [1.54, 1.807) is 18.3 Å². The third-order valence-electron chi connectivity index (χ3n) is 2.97. The largest absolute Gasteiger partial charge is 0.508 e. The number of aromatic nitrogens is 3. The highest BCUT2D eigenvalue weighted by atomic mass is 16.3. The Morgan fingerprint density at radius 1 is 1.33 bits per heavy atom. The Hall–Kier alpha value is -2.27. The quantitative estimate of drug-likeness (QED) is 0.564. The van der Waals surface area contributed by atoms with E-state index in [1.807, 2.05) is 12.3 Å². The topological polar surface area (TPSA) is 90.7 Å². The van der Waals surface area contributed by atoms with Gasteiger partial charge in [0.15, 0.2) is 0 Å². The van der Waals surface area contributed by atoms with Gasteiger partial charge in [-0.2, -0.15) is 0 Å². The number of nitrogens with two attached hydrogens (primary N) is 1. The molecule has 0 saturated heterocycles. The lowest BCUT2D eigenvalue weighted by atomic mass is 10.1. The number of benzene rings is 1. The SMILES string of the molecule is NCCc1ncc(-c2c[nH]c3ccc(O)cc23)[nH]1. The molecular weight excluding hydrogens is 228 g/mol. The highest BCUT2D eigenvalue weighted by Gasteiger charge is 2.09. The van der Waals surface area contributed by atoms with Crippen molar-refractivity contribution in [2.45, 2.75) is 6.42 Å². The van der Waals surface area contributed by atoms with Crippen LogP contribution in [-0.4, -0.2) is 26.6 Å². The maximum atomic E-state index is 9.55.